The predicted molar refractivity (Wildman–Crippen MR) is 68.3 cm³/mol. The van der Waals surface area contributed by atoms with Gasteiger partial charge in [-0.2, -0.15) is 0 Å². The molecular formula is C13H17N5. The van der Waals surface area contributed by atoms with Gasteiger partial charge in [-0.15, -0.1) is 5.10 Å². The van der Waals surface area contributed by atoms with Gasteiger partial charge in [0.1, 0.15) is 6.33 Å². The van der Waals surface area contributed by atoms with E-state index in [1.807, 2.05) is 12.1 Å². The van der Waals surface area contributed by atoms with Gasteiger partial charge in [-0.05, 0) is 47.9 Å². The average Bonchev–Trinajstić information content (AvgIpc) is 2.87. The molecule has 0 amide bonds. The Labute approximate surface area is 106 Å². The van der Waals surface area contributed by atoms with E-state index in [1.165, 1.54) is 24.8 Å². The lowest BCUT2D eigenvalue weighted by atomic mass is 9.92. The number of hydrogen-bond acceptors (Lipinski definition) is 4. The third-order valence-corrected chi connectivity index (χ3v) is 3.57. The molecule has 1 heterocycles. The fourth-order valence-corrected chi connectivity index (χ4v) is 2.24. The van der Waals surface area contributed by atoms with Crippen LogP contribution in [0.4, 0.5) is 0 Å². The predicted octanol–water partition coefficient (Wildman–Crippen LogP) is 1.87. The molecule has 18 heavy (non-hydrogen) atoms. The molecule has 1 aromatic heterocycles. The molecule has 1 aliphatic carbocycles. The lowest BCUT2D eigenvalue weighted by Crippen LogP contribution is -2.36. The van der Waals surface area contributed by atoms with Crippen molar-refractivity contribution in [1.29, 1.82) is 0 Å². The molecule has 1 atom stereocenters. The molecule has 0 saturated heterocycles. The topological polar surface area (TPSA) is 55.6 Å². The molecule has 1 N–H and O–H groups in total. The molecule has 94 valence electrons. The van der Waals surface area contributed by atoms with Crippen LogP contribution < -0.4 is 5.32 Å². The summed E-state index contributed by atoms with van der Waals surface area (Å²) >= 11 is 0. The highest BCUT2D eigenvalue weighted by Crippen LogP contribution is 2.23. The zero-order valence-corrected chi connectivity index (χ0v) is 10.5. The molecule has 0 radical (unpaired) electrons. The molecule has 1 aromatic carbocycles. The van der Waals surface area contributed by atoms with Crippen LogP contribution in [0.15, 0.2) is 30.6 Å². The Kier molecular flexibility index (Phi) is 3.06. The summed E-state index contributed by atoms with van der Waals surface area (Å²) in [7, 11) is 0. The summed E-state index contributed by atoms with van der Waals surface area (Å²) < 4.78 is 1.68. The van der Waals surface area contributed by atoms with E-state index in [0.717, 1.165) is 5.69 Å². The highest BCUT2D eigenvalue weighted by Gasteiger charge is 2.19. The van der Waals surface area contributed by atoms with E-state index in [4.69, 9.17) is 0 Å². The van der Waals surface area contributed by atoms with Crippen molar-refractivity contribution in [3.05, 3.63) is 36.2 Å². The van der Waals surface area contributed by atoms with E-state index in [9.17, 15) is 0 Å². The minimum atomic E-state index is 0.367. The zero-order chi connectivity index (χ0) is 12.4. The van der Waals surface area contributed by atoms with Crippen LogP contribution in [0.1, 0.15) is 37.8 Å². The normalized spacial score (nSPS) is 17.4. The van der Waals surface area contributed by atoms with Crippen LogP contribution in [0, 0.1) is 0 Å². The minimum absolute atomic E-state index is 0.367. The van der Waals surface area contributed by atoms with Crippen LogP contribution in [0.3, 0.4) is 0 Å². The van der Waals surface area contributed by atoms with Gasteiger partial charge in [0.05, 0.1) is 5.69 Å². The van der Waals surface area contributed by atoms with Crippen molar-refractivity contribution in [2.45, 2.75) is 38.3 Å². The van der Waals surface area contributed by atoms with E-state index in [2.05, 4.69) is 39.9 Å². The Hall–Kier alpha value is -1.75. The van der Waals surface area contributed by atoms with Crippen molar-refractivity contribution in [1.82, 2.24) is 25.5 Å². The number of tetrazole rings is 1. The second-order valence-electron chi connectivity index (χ2n) is 4.87. The average molecular weight is 243 g/mol. The van der Waals surface area contributed by atoms with Crippen molar-refractivity contribution < 1.29 is 0 Å². The molecule has 2 aromatic rings. The zero-order valence-electron chi connectivity index (χ0n) is 10.5. The third kappa shape index (κ3) is 2.26. The van der Waals surface area contributed by atoms with Crippen LogP contribution in [-0.4, -0.2) is 26.2 Å². The summed E-state index contributed by atoms with van der Waals surface area (Å²) in [5, 5.41) is 14.9. The fraction of sp³-hybridized carbons (Fsp3) is 0.462. The number of nitrogens with zero attached hydrogens (tertiary/aromatic N) is 4. The second-order valence-corrected chi connectivity index (χ2v) is 4.87. The van der Waals surface area contributed by atoms with Crippen molar-refractivity contribution in [2.75, 3.05) is 0 Å². The lowest BCUT2D eigenvalue weighted by Gasteiger charge is -2.30. The van der Waals surface area contributed by atoms with Crippen LogP contribution in [0.5, 0.6) is 0 Å². The van der Waals surface area contributed by atoms with Gasteiger partial charge in [0.15, 0.2) is 0 Å². The Morgan fingerprint density at radius 1 is 1.39 bits per heavy atom. The smallest absolute Gasteiger partial charge is 0.143 e. The number of nitrogens with one attached hydrogen (secondary N) is 1. The van der Waals surface area contributed by atoms with Gasteiger partial charge < -0.3 is 5.32 Å². The molecule has 0 spiro atoms. The summed E-state index contributed by atoms with van der Waals surface area (Å²) in [6.07, 6.45) is 5.58. The highest BCUT2D eigenvalue weighted by molar-refractivity contribution is 5.35. The molecule has 1 saturated carbocycles. The summed E-state index contributed by atoms with van der Waals surface area (Å²) in [5.41, 5.74) is 2.27. The fourth-order valence-electron chi connectivity index (χ4n) is 2.24. The third-order valence-electron chi connectivity index (χ3n) is 3.57. The monoisotopic (exact) mass is 243 g/mol. The van der Waals surface area contributed by atoms with Crippen molar-refractivity contribution in [3.8, 4) is 5.69 Å². The first-order valence-corrected chi connectivity index (χ1v) is 6.42. The number of benzene rings is 1. The first kappa shape index (κ1) is 11.3. The van der Waals surface area contributed by atoms with E-state index in [-0.39, 0.29) is 0 Å². The van der Waals surface area contributed by atoms with E-state index in [0.29, 0.717) is 12.1 Å². The molecular weight excluding hydrogens is 226 g/mol. The summed E-state index contributed by atoms with van der Waals surface area (Å²) in [4.78, 5) is 0. The maximum absolute atomic E-state index is 3.91. The first-order chi connectivity index (χ1) is 8.83. The largest absolute Gasteiger partial charge is 0.307 e. The molecule has 5 heteroatoms. The molecule has 0 bridgehead atoms. The molecule has 1 aliphatic rings. The molecule has 3 rings (SSSR count). The molecule has 0 aliphatic heterocycles. The van der Waals surface area contributed by atoms with Gasteiger partial charge in [0.2, 0.25) is 0 Å². The summed E-state index contributed by atoms with van der Waals surface area (Å²) in [6, 6.07) is 9.39. The molecule has 1 unspecified atom stereocenters. The number of rotatable bonds is 4. The van der Waals surface area contributed by atoms with Gasteiger partial charge in [0.25, 0.3) is 0 Å². The van der Waals surface area contributed by atoms with Crippen molar-refractivity contribution in [2.24, 2.45) is 0 Å². The Balaban J connectivity index is 1.77. The minimum Gasteiger partial charge on any atom is -0.307 e. The van der Waals surface area contributed by atoms with Crippen molar-refractivity contribution >= 4 is 0 Å². The number of aromatic nitrogens is 4. The van der Waals surface area contributed by atoms with Crippen LogP contribution in [0.25, 0.3) is 5.69 Å². The SMILES string of the molecule is CC(NC1CCC1)c1cccc(-n2cnnn2)c1. The number of hydrogen-bond donors (Lipinski definition) is 1. The first-order valence-electron chi connectivity index (χ1n) is 6.42. The quantitative estimate of drug-likeness (QED) is 0.890. The Bertz CT molecular complexity index is 504. The summed E-state index contributed by atoms with van der Waals surface area (Å²) in [6.45, 7) is 2.21. The Morgan fingerprint density at radius 2 is 2.28 bits per heavy atom. The highest BCUT2D eigenvalue weighted by atomic mass is 15.5. The maximum Gasteiger partial charge on any atom is 0.143 e. The van der Waals surface area contributed by atoms with E-state index >= 15 is 0 Å². The van der Waals surface area contributed by atoms with E-state index in [1.54, 1.807) is 11.0 Å². The second kappa shape index (κ2) is 4.86. The maximum atomic E-state index is 3.91. The van der Waals surface area contributed by atoms with Crippen LogP contribution in [0.2, 0.25) is 0 Å². The molecule has 1 fully saturated rings. The van der Waals surface area contributed by atoms with Gasteiger partial charge >= 0.3 is 0 Å². The standard InChI is InChI=1S/C13H17N5/c1-10(15-12-5-3-6-12)11-4-2-7-13(8-11)18-9-14-16-17-18/h2,4,7-10,12,15H,3,5-6H2,1H3. The van der Waals surface area contributed by atoms with Gasteiger partial charge in [-0.1, -0.05) is 18.6 Å². The van der Waals surface area contributed by atoms with Crippen LogP contribution in [-0.2, 0) is 0 Å². The lowest BCUT2D eigenvalue weighted by molar-refractivity contribution is 0.313. The Morgan fingerprint density at radius 3 is 2.94 bits per heavy atom. The van der Waals surface area contributed by atoms with E-state index < -0.39 is 0 Å². The van der Waals surface area contributed by atoms with Gasteiger partial charge in [-0.25, -0.2) is 4.68 Å². The van der Waals surface area contributed by atoms with Gasteiger partial charge in [0, 0.05) is 12.1 Å². The summed E-state index contributed by atoms with van der Waals surface area (Å²) in [5.74, 6) is 0. The van der Waals surface area contributed by atoms with Gasteiger partial charge in [-0.3, -0.25) is 0 Å². The van der Waals surface area contributed by atoms with Crippen LogP contribution >= 0.6 is 0 Å². The molecule has 5 nitrogen and oxygen atoms in total. The van der Waals surface area contributed by atoms with Crippen molar-refractivity contribution in [3.63, 3.8) is 0 Å².